The summed E-state index contributed by atoms with van der Waals surface area (Å²) in [6, 6.07) is 0.194. The molecule has 1 unspecified atom stereocenters. The van der Waals surface area contributed by atoms with Gasteiger partial charge in [0.25, 0.3) is 0 Å². The van der Waals surface area contributed by atoms with Crippen molar-refractivity contribution in [1.29, 1.82) is 0 Å². The van der Waals surface area contributed by atoms with Gasteiger partial charge in [-0.25, -0.2) is 0 Å². The van der Waals surface area contributed by atoms with Gasteiger partial charge < -0.3 is 15.1 Å². The van der Waals surface area contributed by atoms with Gasteiger partial charge in [0.2, 0.25) is 0 Å². The third kappa shape index (κ3) is 5.10. The normalized spacial score (nSPS) is 21.4. The predicted molar refractivity (Wildman–Crippen MR) is 62.9 cm³/mol. The van der Waals surface area contributed by atoms with Crippen molar-refractivity contribution in [2.45, 2.75) is 38.5 Å². The molecular formula is C10H24N2OSi. The Labute approximate surface area is 88.7 Å². The standard InChI is InChI=1S/C10H24N2OSi/c1-14(2,3)13-9-10(11)8-12-6-4-5-7-12/h10H,4-9,11H2,1-3H3. The SMILES string of the molecule is C[Si](C)(C)OCC(N)CN1CCCC1. The molecule has 0 aromatic rings. The van der Waals surface area contributed by atoms with Gasteiger partial charge in [-0.05, 0) is 45.6 Å². The average molecular weight is 216 g/mol. The van der Waals surface area contributed by atoms with Crippen molar-refractivity contribution < 1.29 is 4.43 Å². The first-order valence-corrected chi connectivity index (χ1v) is 9.00. The van der Waals surface area contributed by atoms with Crippen LogP contribution in [-0.4, -0.2) is 45.5 Å². The Bertz CT molecular complexity index is 164. The van der Waals surface area contributed by atoms with Crippen LogP contribution in [0, 0.1) is 0 Å². The van der Waals surface area contributed by atoms with Crippen LogP contribution in [0.5, 0.6) is 0 Å². The van der Waals surface area contributed by atoms with Crippen LogP contribution in [0.3, 0.4) is 0 Å². The fourth-order valence-corrected chi connectivity index (χ4v) is 2.42. The average Bonchev–Trinajstić information content (AvgIpc) is 2.52. The van der Waals surface area contributed by atoms with Gasteiger partial charge in [0, 0.05) is 12.6 Å². The summed E-state index contributed by atoms with van der Waals surface area (Å²) in [5.74, 6) is 0. The lowest BCUT2D eigenvalue weighted by Crippen LogP contribution is -2.42. The third-order valence-electron chi connectivity index (χ3n) is 2.42. The number of likely N-dealkylation sites (tertiary alicyclic amines) is 1. The second kappa shape index (κ2) is 5.26. The first kappa shape index (κ1) is 12.2. The van der Waals surface area contributed by atoms with Crippen LogP contribution in [-0.2, 0) is 4.43 Å². The lowest BCUT2D eigenvalue weighted by Gasteiger charge is -2.24. The summed E-state index contributed by atoms with van der Waals surface area (Å²) in [6.45, 7) is 10.8. The van der Waals surface area contributed by atoms with Crippen LogP contribution in [0.25, 0.3) is 0 Å². The molecule has 84 valence electrons. The molecule has 2 N–H and O–H groups in total. The minimum Gasteiger partial charge on any atom is -0.416 e. The van der Waals surface area contributed by atoms with Crippen molar-refractivity contribution in [1.82, 2.24) is 4.90 Å². The van der Waals surface area contributed by atoms with Crippen molar-refractivity contribution in [3.63, 3.8) is 0 Å². The zero-order valence-corrected chi connectivity index (χ0v) is 10.8. The summed E-state index contributed by atoms with van der Waals surface area (Å²) >= 11 is 0. The maximum atomic E-state index is 6.02. The number of nitrogens with two attached hydrogens (primary N) is 1. The highest BCUT2D eigenvalue weighted by Crippen LogP contribution is 2.08. The molecular weight excluding hydrogens is 192 g/mol. The molecule has 3 nitrogen and oxygen atoms in total. The smallest absolute Gasteiger partial charge is 0.183 e. The van der Waals surface area contributed by atoms with E-state index in [1.54, 1.807) is 0 Å². The van der Waals surface area contributed by atoms with E-state index in [1.807, 2.05) is 0 Å². The topological polar surface area (TPSA) is 38.5 Å². The van der Waals surface area contributed by atoms with Crippen LogP contribution in [0.15, 0.2) is 0 Å². The van der Waals surface area contributed by atoms with E-state index in [0.717, 1.165) is 13.2 Å². The molecule has 0 aliphatic carbocycles. The van der Waals surface area contributed by atoms with Crippen molar-refractivity contribution in [3.8, 4) is 0 Å². The molecule has 1 fully saturated rings. The Morgan fingerprint density at radius 3 is 2.36 bits per heavy atom. The maximum absolute atomic E-state index is 6.02. The minimum atomic E-state index is -1.37. The Hall–Kier alpha value is 0.0969. The van der Waals surface area contributed by atoms with E-state index in [2.05, 4.69) is 24.5 Å². The van der Waals surface area contributed by atoms with Crippen molar-refractivity contribution in [3.05, 3.63) is 0 Å². The van der Waals surface area contributed by atoms with Gasteiger partial charge >= 0.3 is 0 Å². The molecule has 1 aliphatic heterocycles. The first-order chi connectivity index (χ1) is 6.47. The summed E-state index contributed by atoms with van der Waals surface area (Å²) < 4.78 is 5.79. The molecule has 0 amide bonds. The van der Waals surface area contributed by atoms with E-state index in [9.17, 15) is 0 Å². The second-order valence-electron chi connectivity index (χ2n) is 5.19. The molecule has 0 radical (unpaired) electrons. The van der Waals surface area contributed by atoms with Crippen LogP contribution in [0.1, 0.15) is 12.8 Å². The Kier molecular flexibility index (Phi) is 4.57. The molecule has 1 aliphatic rings. The van der Waals surface area contributed by atoms with Gasteiger partial charge in [-0.3, -0.25) is 0 Å². The Morgan fingerprint density at radius 2 is 1.86 bits per heavy atom. The second-order valence-corrected chi connectivity index (χ2v) is 9.70. The lowest BCUT2D eigenvalue weighted by atomic mass is 10.3. The molecule has 1 atom stereocenters. The third-order valence-corrected chi connectivity index (χ3v) is 3.45. The molecule has 0 aromatic heterocycles. The van der Waals surface area contributed by atoms with E-state index in [1.165, 1.54) is 25.9 Å². The molecule has 0 bridgehead atoms. The van der Waals surface area contributed by atoms with Crippen LogP contribution in [0.2, 0.25) is 19.6 Å². The van der Waals surface area contributed by atoms with Gasteiger partial charge in [0.15, 0.2) is 8.32 Å². The maximum Gasteiger partial charge on any atom is 0.183 e. The molecule has 0 spiro atoms. The number of hydrogen-bond acceptors (Lipinski definition) is 3. The van der Waals surface area contributed by atoms with Gasteiger partial charge in [0.05, 0.1) is 6.61 Å². The van der Waals surface area contributed by atoms with Crippen LogP contribution >= 0.6 is 0 Å². The highest BCUT2D eigenvalue weighted by molar-refractivity contribution is 6.69. The summed E-state index contributed by atoms with van der Waals surface area (Å²) in [4.78, 5) is 2.44. The van der Waals surface area contributed by atoms with Crippen LogP contribution < -0.4 is 5.73 Å². The Balaban J connectivity index is 2.12. The molecule has 4 heteroatoms. The summed E-state index contributed by atoms with van der Waals surface area (Å²) in [5, 5.41) is 0. The van der Waals surface area contributed by atoms with E-state index >= 15 is 0 Å². The van der Waals surface area contributed by atoms with Gasteiger partial charge in [-0.15, -0.1) is 0 Å². The first-order valence-electron chi connectivity index (χ1n) is 5.59. The molecule has 14 heavy (non-hydrogen) atoms. The van der Waals surface area contributed by atoms with E-state index in [0.29, 0.717) is 0 Å². The highest BCUT2D eigenvalue weighted by Gasteiger charge is 2.18. The van der Waals surface area contributed by atoms with E-state index < -0.39 is 8.32 Å². The van der Waals surface area contributed by atoms with E-state index in [4.69, 9.17) is 10.2 Å². The fraction of sp³-hybridized carbons (Fsp3) is 1.00. The number of rotatable bonds is 5. The number of nitrogens with zero attached hydrogens (tertiary/aromatic N) is 1. The van der Waals surface area contributed by atoms with Crippen molar-refractivity contribution >= 4 is 8.32 Å². The Morgan fingerprint density at radius 1 is 1.29 bits per heavy atom. The zero-order chi connectivity index (χ0) is 10.6. The largest absolute Gasteiger partial charge is 0.416 e. The van der Waals surface area contributed by atoms with Crippen molar-refractivity contribution in [2.75, 3.05) is 26.2 Å². The fourth-order valence-electron chi connectivity index (χ4n) is 1.71. The summed E-state index contributed by atoms with van der Waals surface area (Å²) in [6.07, 6.45) is 2.67. The quantitative estimate of drug-likeness (QED) is 0.703. The van der Waals surface area contributed by atoms with Gasteiger partial charge in [-0.2, -0.15) is 0 Å². The monoisotopic (exact) mass is 216 g/mol. The predicted octanol–water partition coefficient (Wildman–Crippen LogP) is 1.26. The molecule has 0 saturated carbocycles. The minimum absolute atomic E-state index is 0.194. The van der Waals surface area contributed by atoms with Gasteiger partial charge in [-0.1, -0.05) is 0 Å². The zero-order valence-electron chi connectivity index (χ0n) is 9.75. The summed E-state index contributed by atoms with van der Waals surface area (Å²) in [5.41, 5.74) is 6.02. The molecule has 1 saturated heterocycles. The van der Waals surface area contributed by atoms with E-state index in [-0.39, 0.29) is 6.04 Å². The van der Waals surface area contributed by atoms with Crippen molar-refractivity contribution in [2.24, 2.45) is 5.73 Å². The molecule has 1 heterocycles. The number of hydrogen-bond donors (Lipinski definition) is 1. The summed E-state index contributed by atoms with van der Waals surface area (Å²) in [7, 11) is -1.37. The lowest BCUT2D eigenvalue weighted by molar-refractivity contribution is 0.233. The van der Waals surface area contributed by atoms with Gasteiger partial charge in [0.1, 0.15) is 0 Å². The molecule has 0 aromatic carbocycles. The highest BCUT2D eigenvalue weighted by atomic mass is 28.4. The molecule has 1 rings (SSSR count). The van der Waals surface area contributed by atoms with Crippen LogP contribution in [0.4, 0.5) is 0 Å².